The van der Waals surface area contributed by atoms with Gasteiger partial charge in [0.15, 0.2) is 0 Å². The highest BCUT2D eigenvalue weighted by Gasteiger charge is 2.04. The van der Waals surface area contributed by atoms with Crippen LogP contribution in [0.5, 0.6) is 0 Å². The predicted molar refractivity (Wildman–Crippen MR) is 73.7 cm³/mol. The van der Waals surface area contributed by atoms with E-state index < -0.39 is 0 Å². The molecule has 0 aliphatic heterocycles. The molecular weight excluding hydrogens is 302 g/mol. The molecule has 88 valence electrons. The van der Waals surface area contributed by atoms with Gasteiger partial charge in [-0.1, -0.05) is 39.7 Å². The maximum atomic E-state index is 11.9. The molecule has 2 aromatic rings. The molecular formula is C13H11BrClNO. The number of hydrogen-bond donors (Lipinski definition) is 0. The molecule has 0 saturated heterocycles. The summed E-state index contributed by atoms with van der Waals surface area (Å²) in [5.41, 5.74) is 1.69. The van der Waals surface area contributed by atoms with Gasteiger partial charge in [0.05, 0.1) is 6.54 Å². The summed E-state index contributed by atoms with van der Waals surface area (Å²) in [4.78, 5) is 11.9. The fourth-order valence-electron chi connectivity index (χ4n) is 1.61. The number of pyridine rings is 1. The fourth-order valence-corrected chi connectivity index (χ4v) is 2.35. The summed E-state index contributed by atoms with van der Waals surface area (Å²) >= 11 is 9.48. The van der Waals surface area contributed by atoms with Crippen LogP contribution in [0.2, 0.25) is 5.02 Å². The van der Waals surface area contributed by atoms with Gasteiger partial charge >= 0.3 is 0 Å². The van der Waals surface area contributed by atoms with Gasteiger partial charge in [0.2, 0.25) is 0 Å². The van der Waals surface area contributed by atoms with E-state index in [-0.39, 0.29) is 5.56 Å². The van der Waals surface area contributed by atoms with Gasteiger partial charge in [-0.2, -0.15) is 0 Å². The molecule has 0 amide bonds. The highest BCUT2D eigenvalue weighted by atomic mass is 79.9. The Hall–Kier alpha value is -1.06. The van der Waals surface area contributed by atoms with E-state index in [0.29, 0.717) is 11.6 Å². The molecule has 0 spiro atoms. The Morgan fingerprint density at radius 3 is 2.82 bits per heavy atom. The molecule has 1 aromatic heterocycles. The van der Waals surface area contributed by atoms with Gasteiger partial charge in [0.1, 0.15) is 0 Å². The first-order chi connectivity index (χ1) is 8.08. The van der Waals surface area contributed by atoms with Crippen molar-refractivity contribution in [1.82, 2.24) is 4.57 Å². The maximum absolute atomic E-state index is 11.9. The number of benzene rings is 1. The number of nitrogens with zero attached hydrogens (tertiary/aromatic N) is 1. The third-order valence-corrected chi connectivity index (χ3v) is 3.41. The first-order valence-corrected chi connectivity index (χ1v) is 6.35. The molecule has 4 heteroatoms. The van der Waals surface area contributed by atoms with Crippen LogP contribution < -0.4 is 5.56 Å². The van der Waals surface area contributed by atoms with Crippen molar-refractivity contribution in [2.45, 2.75) is 13.5 Å². The van der Waals surface area contributed by atoms with Crippen molar-refractivity contribution in [3.8, 4) is 0 Å². The highest BCUT2D eigenvalue weighted by Crippen LogP contribution is 2.21. The lowest BCUT2D eigenvalue weighted by Gasteiger charge is -2.08. The van der Waals surface area contributed by atoms with Crippen molar-refractivity contribution >= 4 is 27.5 Å². The normalized spacial score (nSPS) is 10.5. The van der Waals surface area contributed by atoms with Crippen LogP contribution in [0.4, 0.5) is 0 Å². The number of aromatic nitrogens is 1. The Balaban J connectivity index is 2.38. The Labute approximate surface area is 113 Å². The van der Waals surface area contributed by atoms with Crippen molar-refractivity contribution in [1.29, 1.82) is 0 Å². The predicted octanol–water partition coefficient (Wildman–Crippen LogP) is 3.62. The smallest absolute Gasteiger partial charge is 0.253 e. The second-order valence-corrected chi connectivity index (χ2v) is 5.18. The minimum Gasteiger partial charge on any atom is -0.311 e. The summed E-state index contributed by atoms with van der Waals surface area (Å²) in [6.45, 7) is 2.30. The molecule has 2 nitrogen and oxygen atoms in total. The van der Waals surface area contributed by atoms with E-state index in [1.807, 2.05) is 37.3 Å². The first-order valence-electron chi connectivity index (χ1n) is 5.18. The Kier molecular flexibility index (Phi) is 3.69. The fraction of sp³-hybridized carbons (Fsp3) is 0.154. The lowest BCUT2D eigenvalue weighted by molar-refractivity contribution is 0.752. The summed E-state index contributed by atoms with van der Waals surface area (Å²) in [6.07, 6.45) is 1.77. The minimum absolute atomic E-state index is 0.0199. The molecule has 1 heterocycles. The van der Waals surface area contributed by atoms with Gasteiger partial charge < -0.3 is 4.57 Å². The van der Waals surface area contributed by atoms with Crippen molar-refractivity contribution in [3.05, 3.63) is 67.5 Å². The third kappa shape index (κ3) is 2.79. The molecule has 0 aliphatic rings. The zero-order chi connectivity index (χ0) is 12.4. The Bertz CT molecular complexity index is 607. The van der Waals surface area contributed by atoms with E-state index in [2.05, 4.69) is 15.9 Å². The first kappa shape index (κ1) is 12.4. The number of hydrogen-bond acceptors (Lipinski definition) is 1. The van der Waals surface area contributed by atoms with Crippen LogP contribution in [0.1, 0.15) is 11.1 Å². The van der Waals surface area contributed by atoms with Crippen LogP contribution in [-0.2, 0) is 6.54 Å². The van der Waals surface area contributed by atoms with Gasteiger partial charge in [-0.05, 0) is 30.7 Å². The van der Waals surface area contributed by atoms with Gasteiger partial charge in [-0.15, -0.1) is 0 Å². The molecule has 0 N–H and O–H groups in total. The average Bonchev–Trinajstić information content (AvgIpc) is 2.28. The summed E-state index contributed by atoms with van der Waals surface area (Å²) < 4.78 is 2.59. The minimum atomic E-state index is 0.0199. The standard InChI is InChI=1S/C13H11BrClNO/c1-9-3-2-6-16(13(9)17)8-10-4-5-11(14)7-12(10)15/h2-7H,8H2,1H3. The molecule has 0 atom stereocenters. The largest absolute Gasteiger partial charge is 0.311 e. The lowest BCUT2D eigenvalue weighted by atomic mass is 10.2. The molecule has 0 bridgehead atoms. The quantitative estimate of drug-likeness (QED) is 0.830. The maximum Gasteiger partial charge on any atom is 0.253 e. The summed E-state index contributed by atoms with van der Waals surface area (Å²) in [5.74, 6) is 0. The molecule has 2 rings (SSSR count). The van der Waals surface area contributed by atoms with Crippen molar-refractivity contribution in [3.63, 3.8) is 0 Å². The molecule has 1 aromatic carbocycles. The van der Waals surface area contributed by atoms with Crippen LogP contribution >= 0.6 is 27.5 Å². The van der Waals surface area contributed by atoms with E-state index in [1.165, 1.54) is 0 Å². The number of halogens is 2. The van der Waals surface area contributed by atoms with Gasteiger partial charge in [-0.3, -0.25) is 4.79 Å². The van der Waals surface area contributed by atoms with Crippen molar-refractivity contribution < 1.29 is 0 Å². The van der Waals surface area contributed by atoms with Crippen LogP contribution in [0.25, 0.3) is 0 Å². The second kappa shape index (κ2) is 5.07. The monoisotopic (exact) mass is 311 g/mol. The second-order valence-electron chi connectivity index (χ2n) is 3.86. The van der Waals surface area contributed by atoms with E-state index in [4.69, 9.17) is 11.6 Å². The SMILES string of the molecule is Cc1cccn(Cc2ccc(Br)cc2Cl)c1=O. The van der Waals surface area contributed by atoms with Gasteiger partial charge in [0.25, 0.3) is 5.56 Å². The lowest BCUT2D eigenvalue weighted by Crippen LogP contribution is -2.21. The van der Waals surface area contributed by atoms with Gasteiger partial charge in [0, 0.05) is 21.3 Å². The summed E-state index contributed by atoms with van der Waals surface area (Å²) in [7, 11) is 0. The topological polar surface area (TPSA) is 22.0 Å². The molecule has 0 aliphatic carbocycles. The molecule has 0 unspecified atom stereocenters. The summed E-state index contributed by atoms with van der Waals surface area (Å²) in [6, 6.07) is 9.34. The zero-order valence-corrected chi connectivity index (χ0v) is 11.6. The van der Waals surface area contributed by atoms with Crippen LogP contribution in [-0.4, -0.2) is 4.57 Å². The zero-order valence-electron chi connectivity index (χ0n) is 9.28. The van der Waals surface area contributed by atoms with E-state index in [1.54, 1.807) is 10.8 Å². The number of rotatable bonds is 2. The average molecular weight is 313 g/mol. The van der Waals surface area contributed by atoms with Crippen molar-refractivity contribution in [2.75, 3.05) is 0 Å². The molecule has 0 fully saturated rings. The Morgan fingerprint density at radius 2 is 2.12 bits per heavy atom. The Morgan fingerprint density at radius 1 is 1.35 bits per heavy atom. The van der Waals surface area contributed by atoms with Crippen LogP contribution in [0.3, 0.4) is 0 Å². The van der Waals surface area contributed by atoms with E-state index in [0.717, 1.165) is 15.6 Å². The van der Waals surface area contributed by atoms with Crippen molar-refractivity contribution in [2.24, 2.45) is 0 Å². The van der Waals surface area contributed by atoms with Crippen LogP contribution in [0, 0.1) is 6.92 Å². The molecule has 17 heavy (non-hydrogen) atoms. The highest BCUT2D eigenvalue weighted by molar-refractivity contribution is 9.10. The summed E-state index contributed by atoms with van der Waals surface area (Å²) in [5, 5.41) is 0.660. The van der Waals surface area contributed by atoms with Crippen LogP contribution in [0.15, 0.2) is 45.8 Å². The molecule has 0 saturated carbocycles. The molecule has 0 radical (unpaired) electrons. The van der Waals surface area contributed by atoms with E-state index >= 15 is 0 Å². The third-order valence-electron chi connectivity index (χ3n) is 2.57. The number of aryl methyl sites for hydroxylation is 1. The van der Waals surface area contributed by atoms with E-state index in [9.17, 15) is 4.79 Å². The van der Waals surface area contributed by atoms with Gasteiger partial charge in [-0.25, -0.2) is 0 Å².